The van der Waals surface area contributed by atoms with Crippen LogP contribution in [-0.4, -0.2) is 30.5 Å². The summed E-state index contributed by atoms with van der Waals surface area (Å²) in [6.07, 6.45) is -1.11. The molecule has 2 rings (SSSR count). The van der Waals surface area contributed by atoms with Crippen molar-refractivity contribution < 1.29 is 23.9 Å². The van der Waals surface area contributed by atoms with Gasteiger partial charge in [0.05, 0.1) is 0 Å². The van der Waals surface area contributed by atoms with Crippen molar-refractivity contribution >= 4 is 29.4 Å². The standard InChI is InChI=1S/C19H19ClN2O5/c1-12-10-15(8-9-16(12)20)26-11-17(23)27-13(2)18(24)21-22-19(25)14-6-4-3-5-7-14/h3-10,13H,11H2,1-2H3,(H,21,24)(H,22,25)/t13-/m1/s1. The Morgan fingerprint density at radius 2 is 1.78 bits per heavy atom. The number of benzene rings is 2. The molecular formula is C19H19ClN2O5. The molecule has 142 valence electrons. The zero-order valence-corrected chi connectivity index (χ0v) is 15.6. The maximum Gasteiger partial charge on any atom is 0.344 e. The fourth-order valence-corrected chi connectivity index (χ4v) is 2.13. The molecule has 0 saturated heterocycles. The summed E-state index contributed by atoms with van der Waals surface area (Å²) in [5.41, 5.74) is 5.64. The van der Waals surface area contributed by atoms with Crippen LogP contribution in [0.4, 0.5) is 0 Å². The number of hydrazine groups is 1. The summed E-state index contributed by atoms with van der Waals surface area (Å²) >= 11 is 5.92. The molecule has 0 saturated carbocycles. The Hall–Kier alpha value is -3.06. The highest BCUT2D eigenvalue weighted by Crippen LogP contribution is 2.20. The van der Waals surface area contributed by atoms with Crippen LogP contribution >= 0.6 is 11.6 Å². The molecule has 8 heteroatoms. The third-order valence-electron chi connectivity index (χ3n) is 3.50. The summed E-state index contributed by atoms with van der Waals surface area (Å²) in [6.45, 7) is 2.83. The molecule has 0 bridgehead atoms. The third-order valence-corrected chi connectivity index (χ3v) is 3.92. The number of carbonyl (C=O) groups excluding carboxylic acids is 3. The molecule has 0 aliphatic rings. The normalized spacial score (nSPS) is 11.2. The van der Waals surface area contributed by atoms with Crippen LogP contribution in [0, 0.1) is 6.92 Å². The van der Waals surface area contributed by atoms with Crippen LogP contribution < -0.4 is 15.6 Å². The summed E-state index contributed by atoms with van der Waals surface area (Å²) in [4.78, 5) is 35.6. The fourth-order valence-electron chi connectivity index (χ4n) is 2.02. The molecule has 0 aliphatic heterocycles. The van der Waals surface area contributed by atoms with Crippen LogP contribution in [0.25, 0.3) is 0 Å². The quantitative estimate of drug-likeness (QED) is 0.583. The van der Waals surface area contributed by atoms with E-state index in [0.717, 1.165) is 5.56 Å². The van der Waals surface area contributed by atoms with Crippen LogP contribution in [0.5, 0.6) is 5.75 Å². The highest BCUT2D eigenvalue weighted by atomic mass is 35.5. The van der Waals surface area contributed by atoms with Crippen LogP contribution in [0.1, 0.15) is 22.8 Å². The van der Waals surface area contributed by atoms with E-state index < -0.39 is 23.9 Å². The Morgan fingerprint density at radius 3 is 2.44 bits per heavy atom. The largest absolute Gasteiger partial charge is 0.482 e. The lowest BCUT2D eigenvalue weighted by Crippen LogP contribution is -2.47. The zero-order valence-electron chi connectivity index (χ0n) is 14.8. The van der Waals surface area contributed by atoms with E-state index in [2.05, 4.69) is 10.9 Å². The van der Waals surface area contributed by atoms with Gasteiger partial charge < -0.3 is 9.47 Å². The number of hydrogen-bond acceptors (Lipinski definition) is 5. The van der Waals surface area contributed by atoms with E-state index in [1.54, 1.807) is 48.5 Å². The highest BCUT2D eigenvalue weighted by Gasteiger charge is 2.19. The average Bonchev–Trinajstić information content (AvgIpc) is 2.67. The zero-order chi connectivity index (χ0) is 19.8. The molecule has 0 spiro atoms. The Kier molecular flexibility index (Phi) is 7.19. The van der Waals surface area contributed by atoms with Gasteiger partial charge in [-0.1, -0.05) is 29.8 Å². The molecule has 2 aromatic rings. The topological polar surface area (TPSA) is 93.7 Å². The van der Waals surface area contributed by atoms with Gasteiger partial charge in [-0.3, -0.25) is 20.4 Å². The smallest absolute Gasteiger partial charge is 0.344 e. The van der Waals surface area contributed by atoms with Crippen molar-refractivity contribution in [3.05, 3.63) is 64.7 Å². The molecule has 2 aromatic carbocycles. The van der Waals surface area contributed by atoms with Crippen molar-refractivity contribution in [1.29, 1.82) is 0 Å². The molecule has 0 fully saturated rings. The van der Waals surface area contributed by atoms with Crippen molar-refractivity contribution in [2.45, 2.75) is 20.0 Å². The highest BCUT2D eigenvalue weighted by molar-refractivity contribution is 6.31. The SMILES string of the molecule is Cc1cc(OCC(=O)O[C@H](C)C(=O)NNC(=O)c2ccccc2)ccc1Cl. The summed E-state index contributed by atoms with van der Waals surface area (Å²) in [7, 11) is 0. The second-order valence-corrected chi connectivity index (χ2v) is 6.05. The maximum absolute atomic E-state index is 11.9. The second kappa shape index (κ2) is 9.59. The van der Waals surface area contributed by atoms with Gasteiger partial charge in [0.1, 0.15) is 5.75 Å². The number of ether oxygens (including phenoxy) is 2. The Bertz CT molecular complexity index is 826. The minimum Gasteiger partial charge on any atom is -0.482 e. The van der Waals surface area contributed by atoms with Gasteiger partial charge in [-0.25, -0.2) is 4.79 Å². The fraction of sp³-hybridized carbons (Fsp3) is 0.211. The number of nitrogens with one attached hydrogen (secondary N) is 2. The van der Waals surface area contributed by atoms with Crippen molar-refractivity contribution in [2.75, 3.05) is 6.61 Å². The first-order valence-corrected chi connectivity index (χ1v) is 8.48. The minimum atomic E-state index is -1.11. The first-order valence-electron chi connectivity index (χ1n) is 8.10. The van der Waals surface area contributed by atoms with Gasteiger partial charge in [-0.05, 0) is 49.7 Å². The van der Waals surface area contributed by atoms with Gasteiger partial charge in [0.25, 0.3) is 11.8 Å². The number of hydrogen-bond donors (Lipinski definition) is 2. The molecule has 27 heavy (non-hydrogen) atoms. The average molecular weight is 391 g/mol. The summed E-state index contributed by atoms with van der Waals surface area (Å²) in [6, 6.07) is 13.3. The van der Waals surface area contributed by atoms with Crippen LogP contribution in [-0.2, 0) is 14.3 Å². The van der Waals surface area contributed by atoms with Crippen LogP contribution in [0.3, 0.4) is 0 Å². The lowest BCUT2D eigenvalue weighted by molar-refractivity contribution is -0.156. The maximum atomic E-state index is 11.9. The Labute approximate surface area is 161 Å². The molecule has 1 atom stereocenters. The van der Waals surface area contributed by atoms with Gasteiger partial charge >= 0.3 is 5.97 Å². The molecule has 0 heterocycles. The summed E-state index contributed by atoms with van der Waals surface area (Å²) < 4.78 is 10.3. The lowest BCUT2D eigenvalue weighted by atomic mass is 10.2. The first kappa shape index (κ1) is 20.3. The molecule has 0 radical (unpaired) electrons. The van der Waals surface area contributed by atoms with Gasteiger partial charge in [0, 0.05) is 10.6 Å². The lowest BCUT2D eigenvalue weighted by Gasteiger charge is -2.14. The summed E-state index contributed by atoms with van der Waals surface area (Å²) in [5, 5.41) is 0.591. The molecule has 0 aromatic heterocycles. The molecule has 7 nitrogen and oxygen atoms in total. The van der Waals surface area contributed by atoms with Gasteiger partial charge in [0.2, 0.25) is 0 Å². The summed E-state index contributed by atoms with van der Waals surface area (Å²) in [5.74, 6) is -1.42. The predicted octanol–water partition coefficient (Wildman–Crippen LogP) is 2.42. The third kappa shape index (κ3) is 6.31. The van der Waals surface area contributed by atoms with Crippen LogP contribution in [0.15, 0.2) is 48.5 Å². The monoisotopic (exact) mass is 390 g/mol. The number of halogens is 1. The second-order valence-electron chi connectivity index (χ2n) is 5.64. The van der Waals surface area contributed by atoms with Crippen molar-refractivity contribution in [3.8, 4) is 5.75 Å². The van der Waals surface area contributed by atoms with Crippen molar-refractivity contribution in [2.24, 2.45) is 0 Å². The van der Waals surface area contributed by atoms with E-state index in [4.69, 9.17) is 21.1 Å². The first-order chi connectivity index (χ1) is 12.9. The van der Waals surface area contributed by atoms with E-state index in [-0.39, 0.29) is 6.61 Å². The predicted molar refractivity (Wildman–Crippen MR) is 99.3 cm³/mol. The number of aryl methyl sites for hydroxylation is 1. The number of carbonyl (C=O) groups is 3. The van der Waals surface area contributed by atoms with E-state index >= 15 is 0 Å². The Morgan fingerprint density at radius 1 is 1.07 bits per heavy atom. The van der Waals surface area contributed by atoms with Gasteiger partial charge in [-0.2, -0.15) is 0 Å². The number of rotatable bonds is 6. The van der Waals surface area contributed by atoms with Gasteiger partial charge in [-0.15, -0.1) is 0 Å². The van der Waals surface area contributed by atoms with Crippen molar-refractivity contribution in [3.63, 3.8) is 0 Å². The number of esters is 1. The van der Waals surface area contributed by atoms with Crippen molar-refractivity contribution in [1.82, 2.24) is 10.9 Å². The Balaban J connectivity index is 1.75. The molecule has 0 aliphatic carbocycles. The molecule has 0 unspecified atom stereocenters. The van der Waals surface area contributed by atoms with Gasteiger partial charge in [0.15, 0.2) is 12.7 Å². The van der Waals surface area contributed by atoms with Crippen LogP contribution in [0.2, 0.25) is 5.02 Å². The van der Waals surface area contributed by atoms with E-state index in [1.807, 2.05) is 6.92 Å². The van der Waals surface area contributed by atoms with E-state index in [1.165, 1.54) is 6.92 Å². The van der Waals surface area contributed by atoms with E-state index in [9.17, 15) is 14.4 Å². The number of amides is 2. The molecule has 2 amide bonds. The minimum absolute atomic E-state index is 0.366. The molecular weight excluding hydrogens is 372 g/mol. The molecule has 2 N–H and O–H groups in total. The van der Waals surface area contributed by atoms with E-state index in [0.29, 0.717) is 16.3 Å².